The van der Waals surface area contributed by atoms with E-state index in [9.17, 15) is 13.2 Å². The first-order valence-corrected chi connectivity index (χ1v) is 4.47. The highest BCUT2D eigenvalue weighted by Gasteiger charge is 2.26. The molecule has 0 nitrogen and oxygen atoms in total. The monoisotopic (exact) mass is 202 g/mol. The summed E-state index contributed by atoms with van der Waals surface area (Å²) in [5.74, 6) is 0.161. The van der Waals surface area contributed by atoms with Gasteiger partial charge in [-0.1, -0.05) is 6.92 Å². The molecular formula is C8H14ClF3. The van der Waals surface area contributed by atoms with Crippen molar-refractivity contribution in [3.63, 3.8) is 0 Å². The molecule has 0 aliphatic rings. The zero-order chi connectivity index (χ0) is 9.78. The third-order valence-corrected chi connectivity index (χ3v) is 2.33. The second-order valence-electron chi connectivity index (χ2n) is 3.16. The van der Waals surface area contributed by atoms with E-state index < -0.39 is 12.6 Å². The number of rotatable bonds is 4. The summed E-state index contributed by atoms with van der Waals surface area (Å²) in [6, 6.07) is 0. The summed E-state index contributed by atoms with van der Waals surface area (Å²) in [6.07, 6.45) is -3.98. The van der Waals surface area contributed by atoms with E-state index in [1.54, 1.807) is 6.92 Å². The van der Waals surface area contributed by atoms with E-state index in [1.807, 2.05) is 6.92 Å². The van der Waals surface area contributed by atoms with Gasteiger partial charge in [-0.3, -0.25) is 0 Å². The molecule has 0 aromatic carbocycles. The van der Waals surface area contributed by atoms with Crippen LogP contribution in [0.2, 0.25) is 0 Å². The van der Waals surface area contributed by atoms with Gasteiger partial charge in [-0.2, -0.15) is 13.2 Å². The topological polar surface area (TPSA) is 0 Å². The average molecular weight is 203 g/mol. The van der Waals surface area contributed by atoms with Crippen LogP contribution in [0.3, 0.4) is 0 Å². The van der Waals surface area contributed by atoms with E-state index in [4.69, 9.17) is 11.6 Å². The van der Waals surface area contributed by atoms with Crippen molar-refractivity contribution < 1.29 is 13.2 Å². The van der Waals surface area contributed by atoms with Crippen molar-refractivity contribution in [1.82, 2.24) is 0 Å². The fourth-order valence-electron chi connectivity index (χ4n) is 0.854. The van der Waals surface area contributed by atoms with Crippen LogP contribution in [0.4, 0.5) is 13.2 Å². The highest BCUT2D eigenvalue weighted by molar-refractivity contribution is 6.20. The van der Waals surface area contributed by atoms with Crippen molar-refractivity contribution in [2.45, 2.75) is 44.7 Å². The maximum Gasteiger partial charge on any atom is 0.389 e. The van der Waals surface area contributed by atoms with E-state index in [1.165, 1.54) is 0 Å². The van der Waals surface area contributed by atoms with Gasteiger partial charge in [0.05, 0.1) is 0 Å². The molecule has 0 N–H and O–H groups in total. The van der Waals surface area contributed by atoms with E-state index in [2.05, 4.69) is 0 Å². The molecule has 0 rings (SSSR count). The van der Waals surface area contributed by atoms with Gasteiger partial charge in [0, 0.05) is 11.8 Å². The van der Waals surface area contributed by atoms with Crippen molar-refractivity contribution in [1.29, 1.82) is 0 Å². The molecule has 0 radical (unpaired) electrons. The molecule has 0 saturated heterocycles. The molecule has 0 fully saturated rings. The van der Waals surface area contributed by atoms with Gasteiger partial charge in [0.15, 0.2) is 0 Å². The van der Waals surface area contributed by atoms with E-state index >= 15 is 0 Å². The van der Waals surface area contributed by atoms with E-state index in [0.717, 1.165) is 0 Å². The Hall–Kier alpha value is 0.0800. The zero-order valence-electron chi connectivity index (χ0n) is 7.29. The van der Waals surface area contributed by atoms with Crippen molar-refractivity contribution in [2.24, 2.45) is 5.92 Å². The number of hydrogen-bond acceptors (Lipinski definition) is 0. The van der Waals surface area contributed by atoms with Crippen LogP contribution >= 0.6 is 11.6 Å². The van der Waals surface area contributed by atoms with Gasteiger partial charge in [-0.25, -0.2) is 0 Å². The molecule has 0 aliphatic carbocycles. The van der Waals surface area contributed by atoms with Crippen molar-refractivity contribution in [2.75, 3.05) is 0 Å². The van der Waals surface area contributed by atoms with Crippen LogP contribution in [0.5, 0.6) is 0 Å². The van der Waals surface area contributed by atoms with Crippen LogP contribution in [-0.4, -0.2) is 11.6 Å². The molecule has 0 aromatic rings. The minimum absolute atomic E-state index is 0.0433. The molecule has 0 spiro atoms. The van der Waals surface area contributed by atoms with E-state index in [-0.39, 0.29) is 17.7 Å². The summed E-state index contributed by atoms with van der Waals surface area (Å²) in [6.45, 7) is 3.67. The van der Waals surface area contributed by atoms with Crippen LogP contribution in [0.1, 0.15) is 33.1 Å². The van der Waals surface area contributed by atoms with Gasteiger partial charge in [-0.15, -0.1) is 11.6 Å². The Morgan fingerprint density at radius 1 is 1.25 bits per heavy atom. The summed E-state index contributed by atoms with van der Waals surface area (Å²) in [7, 11) is 0. The standard InChI is InChI=1S/C8H14ClF3/c1-6(7(2)9)4-3-5-8(10,11)12/h6-7H,3-5H2,1-2H3. The lowest BCUT2D eigenvalue weighted by atomic mass is 10.0. The fourth-order valence-corrected chi connectivity index (χ4v) is 0.980. The van der Waals surface area contributed by atoms with Gasteiger partial charge in [0.25, 0.3) is 0 Å². The van der Waals surface area contributed by atoms with Gasteiger partial charge in [0.1, 0.15) is 0 Å². The normalized spacial score (nSPS) is 17.5. The Bertz CT molecular complexity index is 120. The smallest absolute Gasteiger partial charge is 0.171 e. The number of hydrogen-bond donors (Lipinski definition) is 0. The Labute approximate surface area is 76.1 Å². The lowest BCUT2D eigenvalue weighted by Gasteiger charge is -2.13. The Kier molecular flexibility index (Phi) is 4.98. The van der Waals surface area contributed by atoms with E-state index in [0.29, 0.717) is 6.42 Å². The minimum Gasteiger partial charge on any atom is -0.171 e. The SMILES string of the molecule is CC(Cl)C(C)CCCC(F)(F)F. The second-order valence-corrected chi connectivity index (χ2v) is 3.85. The van der Waals surface area contributed by atoms with Crippen LogP contribution < -0.4 is 0 Å². The molecule has 0 aliphatic heterocycles. The summed E-state index contributed by atoms with van der Waals surface area (Å²) in [5.41, 5.74) is 0. The van der Waals surface area contributed by atoms with Crippen LogP contribution in [-0.2, 0) is 0 Å². The number of halogens is 4. The molecule has 2 atom stereocenters. The third-order valence-electron chi connectivity index (χ3n) is 1.90. The third kappa shape index (κ3) is 6.77. The first-order chi connectivity index (χ1) is 5.33. The Morgan fingerprint density at radius 3 is 2.08 bits per heavy atom. The molecular weight excluding hydrogens is 189 g/mol. The molecule has 74 valence electrons. The highest BCUT2D eigenvalue weighted by Crippen LogP contribution is 2.25. The molecule has 12 heavy (non-hydrogen) atoms. The molecule has 0 heterocycles. The van der Waals surface area contributed by atoms with Crippen LogP contribution in [0.25, 0.3) is 0 Å². The molecule has 0 amide bonds. The van der Waals surface area contributed by atoms with Gasteiger partial charge in [-0.05, 0) is 25.7 Å². The first-order valence-electron chi connectivity index (χ1n) is 4.04. The average Bonchev–Trinajstić information content (AvgIpc) is 1.84. The fraction of sp³-hybridized carbons (Fsp3) is 1.00. The lowest BCUT2D eigenvalue weighted by molar-refractivity contribution is -0.136. The second kappa shape index (κ2) is 4.95. The highest BCUT2D eigenvalue weighted by atomic mass is 35.5. The van der Waals surface area contributed by atoms with Crippen molar-refractivity contribution in [3.8, 4) is 0 Å². The lowest BCUT2D eigenvalue weighted by Crippen LogP contribution is -2.11. The molecule has 4 heteroatoms. The van der Waals surface area contributed by atoms with Gasteiger partial charge in [0.2, 0.25) is 0 Å². The number of alkyl halides is 4. The van der Waals surface area contributed by atoms with Crippen molar-refractivity contribution >= 4 is 11.6 Å². The predicted octanol–water partition coefficient (Wildman–Crippen LogP) is 3.98. The zero-order valence-corrected chi connectivity index (χ0v) is 8.04. The summed E-state index contributed by atoms with van der Waals surface area (Å²) < 4.78 is 35.0. The largest absolute Gasteiger partial charge is 0.389 e. The minimum atomic E-state index is -4.02. The van der Waals surface area contributed by atoms with Crippen LogP contribution in [0, 0.1) is 5.92 Å². The summed E-state index contributed by atoms with van der Waals surface area (Å²) in [4.78, 5) is 0. The maximum absolute atomic E-state index is 11.7. The quantitative estimate of drug-likeness (QED) is 0.605. The molecule has 0 saturated carbocycles. The first kappa shape index (κ1) is 12.1. The van der Waals surface area contributed by atoms with Crippen molar-refractivity contribution in [3.05, 3.63) is 0 Å². The Morgan fingerprint density at radius 2 is 1.75 bits per heavy atom. The summed E-state index contributed by atoms with van der Waals surface area (Å²) >= 11 is 5.70. The van der Waals surface area contributed by atoms with Gasteiger partial charge >= 0.3 is 6.18 Å². The summed E-state index contributed by atoms with van der Waals surface area (Å²) in [5, 5.41) is -0.0433. The molecule has 2 unspecified atom stereocenters. The molecule has 0 aromatic heterocycles. The maximum atomic E-state index is 11.7. The van der Waals surface area contributed by atoms with Crippen LogP contribution in [0.15, 0.2) is 0 Å². The Balaban J connectivity index is 3.44. The molecule has 0 bridgehead atoms. The predicted molar refractivity (Wildman–Crippen MR) is 44.4 cm³/mol. The van der Waals surface area contributed by atoms with Gasteiger partial charge < -0.3 is 0 Å².